The standard InChI is InChI=1S/C40H36N4O/c1-23-17-24(2)28(6)37(27(23)5)40-42-22-41-39(43-40)31-18-25(3)38(26(4)19-31)44-35-15-13-30(29-11-9-8-10-12-29)20-33(35)34-21-32(45-7)14-16-36(34)44/h8-22H,1-7H3. The monoisotopic (exact) mass is 588 g/mol. The highest BCUT2D eigenvalue weighted by atomic mass is 16.5. The van der Waals surface area contributed by atoms with Crippen LogP contribution in [0.1, 0.15) is 33.4 Å². The average molecular weight is 589 g/mol. The zero-order chi connectivity index (χ0) is 31.4. The van der Waals surface area contributed by atoms with Gasteiger partial charge in [0.1, 0.15) is 12.1 Å². The van der Waals surface area contributed by atoms with Crippen LogP contribution < -0.4 is 4.74 Å². The molecule has 222 valence electrons. The van der Waals surface area contributed by atoms with Crippen LogP contribution in [0.2, 0.25) is 0 Å². The maximum atomic E-state index is 5.65. The second kappa shape index (κ2) is 11.0. The van der Waals surface area contributed by atoms with Crippen LogP contribution >= 0.6 is 0 Å². The summed E-state index contributed by atoms with van der Waals surface area (Å²) < 4.78 is 8.04. The quantitative estimate of drug-likeness (QED) is 0.201. The first-order valence-corrected chi connectivity index (χ1v) is 15.3. The summed E-state index contributed by atoms with van der Waals surface area (Å²) in [6.07, 6.45) is 1.64. The molecular weight excluding hydrogens is 552 g/mol. The molecule has 0 aliphatic rings. The van der Waals surface area contributed by atoms with E-state index in [1.807, 2.05) is 6.07 Å². The van der Waals surface area contributed by atoms with Crippen LogP contribution in [0.25, 0.3) is 61.4 Å². The van der Waals surface area contributed by atoms with Crippen LogP contribution in [0, 0.1) is 41.5 Å². The first-order chi connectivity index (χ1) is 21.7. The molecule has 0 radical (unpaired) electrons. The van der Waals surface area contributed by atoms with E-state index in [-0.39, 0.29) is 0 Å². The highest BCUT2D eigenvalue weighted by Crippen LogP contribution is 2.39. The van der Waals surface area contributed by atoms with Crippen molar-refractivity contribution >= 4 is 21.8 Å². The van der Waals surface area contributed by atoms with Gasteiger partial charge in [0, 0.05) is 21.9 Å². The second-order valence-corrected chi connectivity index (χ2v) is 12.0. The highest BCUT2D eigenvalue weighted by Gasteiger charge is 2.19. The molecule has 2 aromatic heterocycles. The molecular formula is C40H36N4O. The lowest BCUT2D eigenvalue weighted by Gasteiger charge is -2.17. The van der Waals surface area contributed by atoms with Crippen LogP contribution in [-0.2, 0) is 0 Å². The van der Waals surface area contributed by atoms with Gasteiger partial charge in [-0.05, 0) is 129 Å². The van der Waals surface area contributed by atoms with Crippen LogP contribution in [0.15, 0.2) is 91.3 Å². The molecule has 5 aromatic carbocycles. The highest BCUT2D eigenvalue weighted by molar-refractivity contribution is 6.11. The first kappa shape index (κ1) is 28.5. The van der Waals surface area contributed by atoms with Gasteiger partial charge in [-0.25, -0.2) is 15.0 Å². The molecule has 0 unspecified atom stereocenters. The summed E-state index contributed by atoms with van der Waals surface area (Å²) in [5.41, 5.74) is 15.1. The lowest BCUT2D eigenvalue weighted by Crippen LogP contribution is -2.03. The van der Waals surface area contributed by atoms with Crippen molar-refractivity contribution in [2.24, 2.45) is 0 Å². The van der Waals surface area contributed by atoms with E-state index in [4.69, 9.17) is 9.72 Å². The first-order valence-electron chi connectivity index (χ1n) is 15.3. The van der Waals surface area contributed by atoms with Crippen molar-refractivity contribution in [2.75, 3.05) is 7.11 Å². The zero-order valence-corrected chi connectivity index (χ0v) is 26.9. The Kier molecular flexibility index (Phi) is 6.97. The van der Waals surface area contributed by atoms with Crippen LogP contribution in [-0.4, -0.2) is 26.6 Å². The topological polar surface area (TPSA) is 52.8 Å². The Morgan fingerprint density at radius 3 is 1.84 bits per heavy atom. The molecule has 2 heterocycles. The van der Waals surface area contributed by atoms with Crippen LogP contribution in [0.3, 0.4) is 0 Å². The Morgan fingerprint density at radius 1 is 0.556 bits per heavy atom. The van der Waals surface area contributed by atoms with Gasteiger partial charge in [-0.15, -0.1) is 0 Å². The SMILES string of the molecule is COc1ccc2c(c1)c1cc(-c3ccccc3)ccc1n2-c1c(C)cc(-c2ncnc(-c3c(C)c(C)cc(C)c3C)n2)cc1C. The molecule has 0 bridgehead atoms. The van der Waals surface area contributed by atoms with Gasteiger partial charge < -0.3 is 9.30 Å². The fourth-order valence-corrected chi connectivity index (χ4v) is 6.73. The van der Waals surface area contributed by atoms with Crippen LogP contribution in [0.5, 0.6) is 5.75 Å². The predicted octanol–water partition coefficient (Wildman–Crippen LogP) is 9.83. The van der Waals surface area contributed by atoms with E-state index >= 15 is 0 Å². The second-order valence-electron chi connectivity index (χ2n) is 12.0. The molecule has 0 atom stereocenters. The summed E-state index contributed by atoms with van der Waals surface area (Å²) in [6.45, 7) is 12.9. The summed E-state index contributed by atoms with van der Waals surface area (Å²) >= 11 is 0. The van der Waals surface area contributed by atoms with Gasteiger partial charge >= 0.3 is 0 Å². The summed E-state index contributed by atoms with van der Waals surface area (Å²) in [7, 11) is 1.72. The average Bonchev–Trinajstić information content (AvgIpc) is 3.36. The normalized spacial score (nSPS) is 11.4. The molecule has 5 heteroatoms. The molecule has 0 saturated carbocycles. The molecule has 0 aliphatic carbocycles. The number of aromatic nitrogens is 4. The largest absolute Gasteiger partial charge is 0.497 e. The van der Waals surface area contributed by atoms with Crippen molar-refractivity contribution in [3.8, 4) is 45.3 Å². The van der Waals surface area contributed by atoms with Crippen molar-refractivity contribution in [1.29, 1.82) is 0 Å². The number of hydrogen-bond acceptors (Lipinski definition) is 4. The Labute approximate surface area is 264 Å². The Balaban J connectivity index is 1.40. The minimum Gasteiger partial charge on any atom is -0.497 e. The van der Waals surface area contributed by atoms with E-state index in [0.717, 1.165) is 50.1 Å². The van der Waals surface area contributed by atoms with Crippen molar-refractivity contribution in [2.45, 2.75) is 41.5 Å². The fraction of sp³-hybridized carbons (Fsp3) is 0.175. The third-order valence-corrected chi connectivity index (χ3v) is 9.21. The van der Waals surface area contributed by atoms with Gasteiger partial charge in [-0.3, -0.25) is 0 Å². The summed E-state index contributed by atoms with van der Waals surface area (Å²) in [6, 6.07) is 30.3. The van der Waals surface area contributed by atoms with Crippen molar-refractivity contribution < 1.29 is 4.74 Å². The predicted molar refractivity (Wildman–Crippen MR) is 185 cm³/mol. The minimum absolute atomic E-state index is 0.676. The molecule has 5 nitrogen and oxygen atoms in total. The smallest absolute Gasteiger partial charge is 0.163 e. The van der Waals surface area contributed by atoms with E-state index in [2.05, 4.69) is 135 Å². The number of fused-ring (bicyclic) bond motifs is 3. The lowest BCUT2D eigenvalue weighted by molar-refractivity contribution is 0.415. The van der Waals surface area contributed by atoms with E-state index in [1.54, 1.807) is 13.4 Å². The molecule has 0 saturated heterocycles. The van der Waals surface area contributed by atoms with Gasteiger partial charge in [0.05, 0.1) is 23.8 Å². The van der Waals surface area contributed by atoms with Gasteiger partial charge in [-0.2, -0.15) is 0 Å². The maximum Gasteiger partial charge on any atom is 0.163 e. The molecule has 7 aromatic rings. The third kappa shape index (κ3) is 4.76. The van der Waals surface area contributed by atoms with Crippen LogP contribution in [0.4, 0.5) is 0 Å². The molecule has 0 N–H and O–H groups in total. The van der Waals surface area contributed by atoms with E-state index in [1.165, 1.54) is 38.8 Å². The van der Waals surface area contributed by atoms with Gasteiger partial charge in [-0.1, -0.05) is 42.5 Å². The van der Waals surface area contributed by atoms with E-state index < -0.39 is 0 Å². The number of nitrogens with zero attached hydrogens (tertiary/aromatic N) is 4. The number of aryl methyl sites for hydroxylation is 4. The summed E-state index contributed by atoms with van der Waals surface area (Å²) in [5, 5.41) is 2.35. The Hall–Kier alpha value is -5.29. The van der Waals surface area contributed by atoms with Crippen molar-refractivity contribution in [3.05, 3.63) is 125 Å². The van der Waals surface area contributed by atoms with Crippen molar-refractivity contribution in [1.82, 2.24) is 19.5 Å². The molecule has 0 spiro atoms. The molecule has 7 rings (SSSR count). The van der Waals surface area contributed by atoms with Crippen molar-refractivity contribution in [3.63, 3.8) is 0 Å². The summed E-state index contributed by atoms with van der Waals surface area (Å²) in [4.78, 5) is 14.3. The Bertz CT molecular complexity index is 2210. The van der Waals surface area contributed by atoms with Gasteiger partial charge in [0.15, 0.2) is 11.6 Å². The molecule has 0 aliphatic heterocycles. The molecule has 0 fully saturated rings. The summed E-state index contributed by atoms with van der Waals surface area (Å²) in [5.74, 6) is 2.23. The minimum atomic E-state index is 0.676. The Morgan fingerprint density at radius 2 is 1.18 bits per heavy atom. The molecule has 45 heavy (non-hydrogen) atoms. The number of methoxy groups -OCH3 is 1. The fourth-order valence-electron chi connectivity index (χ4n) is 6.73. The third-order valence-electron chi connectivity index (χ3n) is 9.21. The number of ether oxygens (including phenoxy) is 1. The number of benzene rings is 5. The number of hydrogen-bond donors (Lipinski definition) is 0. The van der Waals surface area contributed by atoms with E-state index in [9.17, 15) is 0 Å². The zero-order valence-electron chi connectivity index (χ0n) is 26.9. The number of rotatable bonds is 5. The maximum absolute atomic E-state index is 5.65. The van der Waals surface area contributed by atoms with Gasteiger partial charge in [0.25, 0.3) is 0 Å². The van der Waals surface area contributed by atoms with E-state index in [0.29, 0.717) is 11.6 Å². The lowest BCUT2D eigenvalue weighted by atomic mass is 9.94. The molecule has 0 amide bonds. The van der Waals surface area contributed by atoms with Gasteiger partial charge in [0.2, 0.25) is 0 Å².